The molecule has 22 heavy (non-hydrogen) atoms. The normalized spacial score (nSPS) is 11.1. The molecular formula is C16H19N5O. The highest BCUT2D eigenvalue weighted by Crippen LogP contribution is 2.31. The van der Waals surface area contributed by atoms with Crippen molar-refractivity contribution in [2.75, 3.05) is 18.1 Å². The zero-order valence-electron chi connectivity index (χ0n) is 12.9. The van der Waals surface area contributed by atoms with Crippen molar-refractivity contribution >= 4 is 17.0 Å². The maximum Gasteiger partial charge on any atom is 0.150 e. The average Bonchev–Trinajstić information content (AvgIpc) is 2.85. The van der Waals surface area contributed by atoms with E-state index in [2.05, 4.69) is 21.4 Å². The molecule has 0 aliphatic carbocycles. The van der Waals surface area contributed by atoms with Gasteiger partial charge in [-0.2, -0.15) is 0 Å². The second-order valence-electron chi connectivity index (χ2n) is 5.30. The van der Waals surface area contributed by atoms with Crippen LogP contribution < -0.4 is 11.1 Å². The Hall–Kier alpha value is -2.60. The smallest absolute Gasteiger partial charge is 0.150 e. The highest BCUT2D eigenvalue weighted by molar-refractivity contribution is 5.87. The molecule has 4 N–H and O–H groups in total. The van der Waals surface area contributed by atoms with Crippen LogP contribution in [0.5, 0.6) is 0 Å². The molecule has 0 saturated carbocycles. The van der Waals surface area contributed by atoms with Crippen LogP contribution >= 0.6 is 0 Å². The van der Waals surface area contributed by atoms with E-state index in [1.807, 2.05) is 43.6 Å². The number of aliphatic hydroxyl groups excluding tert-OH is 1. The molecule has 0 atom stereocenters. The summed E-state index contributed by atoms with van der Waals surface area (Å²) >= 11 is 0. The predicted octanol–water partition coefficient (Wildman–Crippen LogP) is 2.13. The maximum atomic E-state index is 9.57. The second-order valence-corrected chi connectivity index (χ2v) is 5.30. The van der Waals surface area contributed by atoms with E-state index in [1.54, 1.807) is 0 Å². The van der Waals surface area contributed by atoms with Crippen LogP contribution in [0.15, 0.2) is 24.4 Å². The molecule has 0 spiro atoms. The lowest BCUT2D eigenvalue weighted by Crippen LogP contribution is -2.01. The number of aliphatic hydroxyl groups is 1. The van der Waals surface area contributed by atoms with Crippen LogP contribution in [0.2, 0.25) is 0 Å². The van der Waals surface area contributed by atoms with E-state index in [4.69, 9.17) is 5.73 Å². The van der Waals surface area contributed by atoms with Gasteiger partial charge in [0.2, 0.25) is 0 Å². The lowest BCUT2D eigenvalue weighted by molar-refractivity contribution is 0.271. The minimum atomic E-state index is -0.155. The van der Waals surface area contributed by atoms with E-state index < -0.39 is 0 Å². The number of aromatic nitrogens is 3. The molecule has 3 aromatic rings. The number of aryl methyl sites for hydroxylation is 2. The molecule has 0 aliphatic rings. The van der Waals surface area contributed by atoms with E-state index in [0.717, 1.165) is 33.7 Å². The quantitative estimate of drug-likeness (QED) is 0.689. The third-order valence-corrected chi connectivity index (χ3v) is 3.75. The van der Waals surface area contributed by atoms with Crippen LogP contribution in [-0.4, -0.2) is 26.5 Å². The minimum Gasteiger partial charge on any atom is -0.388 e. The fourth-order valence-electron chi connectivity index (χ4n) is 2.71. The zero-order valence-corrected chi connectivity index (χ0v) is 12.9. The molecule has 0 amide bonds. The van der Waals surface area contributed by atoms with Crippen molar-refractivity contribution in [2.45, 2.75) is 20.5 Å². The first-order valence-corrected chi connectivity index (χ1v) is 7.09. The molecule has 2 aromatic heterocycles. The Morgan fingerprint density at radius 1 is 1.27 bits per heavy atom. The van der Waals surface area contributed by atoms with Crippen LogP contribution in [0.1, 0.15) is 17.1 Å². The first kappa shape index (κ1) is 14.3. The Bertz CT molecular complexity index is 853. The number of nitrogens with zero attached hydrogens (tertiary/aromatic N) is 3. The summed E-state index contributed by atoms with van der Waals surface area (Å²) in [4.78, 5) is 8.89. The van der Waals surface area contributed by atoms with Crippen LogP contribution in [0, 0.1) is 13.8 Å². The summed E-state index contributed by atoms with van der Waals surface area (Å²) in [6.07, 6.45) is 1.84. The molecule has 0 bridgehead atoms. The average molecular weight is 297 g/mol. The summed E-state index contributed by atoms with van der Waals surface area (Å²) in [7, 11) is 1.88. The fraction of sp³-hybridized carbons (Fsp3) is 0.250. The Morgan fingerprint density at radius 2 is 2.05 bits per heavy atom. The standard InChI is InChI=1S/C16H19N5O/c1-9-6-11(18-3)4-5-12(9)14-15-16(17)19-10(2)7-21(15)13(8-22)20-14/h4-7,18,22H,8H2,1-3H3,(H2,17,19). The van der Waals surface area contributed by atoms with Gasteiger partial charge in [-0.1, -0.05) is 6.07 Å². The van der Waals surface area contributed by atoms with Crippen molar-refractivity contribution in [1.29, 1.82) is 0 Å². The molecule has 3 rings (SSSR count). The number of nitrogens with two attached hydrogens (primary N) is 1. The van der Waals surface area contributed by atoms with Gasteiger partial charge in [0.15, 0.2) is 0 Å². The molecule has 0 radical (unpaired) electrons. The van der Waals surface area contributed by atoms with Crippen molar-refractivity contribution in [3.05, 3.63) is 41.5 Å². The molecule has 0 saturated heterocycles. The van der Waals surface area contributed by atoms with Gasteiger partial charge in [-0.25, -0.2) is 9.97 Å². The van der Waals surface area contributed by atoms with Crippen LogP contribution in [0.25, 0.3) is 16.8 Å². The SMILES string of the molecule is CNc1ccc(-c2nc(CO)n3cc(C)nc(N)c23)c(C)c1. The monoisotopic (exact) mass is 297 g/mol. The molecule has 6 heteroatoms. The van der Waals surface area contributed by atoms with Gasteiger partial charge in [0.05, 0.1) is 5.69 Å². The third-order valence-electron chi connectivity index (χ3n) is 3.75. The fourth-order valence-corrected chi connectivity index (χ4v) is 2.71. The van der Waals surface area contributed by atoms with E-state index in [-0.39, 0.29) is 6.61 Å². The van der Waals surface area contributed by atoms with Crippen LogP contribution in [0.3, 0.4) is 0 Å². The van der Waals surface area contributed by atoms with Crippen LogP contribution in [-0.2, 0) is 6.61 Å². The summed E-state index contributed by atoms with van der Waals surface area (Å²) in [5.74, 6) is 0.971. The Morgan fingerprint density at radius 3 is 2.68 bits per heavy atom. The highest BCUT2D eigenvalue weighted by atomic mass is 16.3. The van der Waals surface area contributed by atoms with Gasteiger partial charge in [0, 0.05) is 24.5 Å². The van der Waals surface area contributed by atoms with Gasteiger partial charge < -0.3 is 16.2 Å². The molecule has 0 aliphatic heterocycles. The number of hydrogen-bond acceptors (Lipinski definition) is 5. The van der Waals surface area contributed by atoms with Crippen molar-refractivity contribution in [1.82, 2.24) is 14.4 Å². The first-order valence-electron chi connectivity index (χ1n) is 7.09. The number of nitrogen functional groups attached to an aromatic ring is 1. The van der Waals surface area contributed by atoms with Crippen molar-refractivity contribution in [3.8, 4) is 11.3 Å². The van der Waals surface area contributed by atoms with Gasteiger partial charge in [-0.15, -0.1) is 0 Å². The number of nitrogens with one attached hydrogen (secondary N) is 1. The van der Waals surface area contributed by atoms with E-state index in [1.165, 1.54) is 0 Å². The molecule has 0 fully saturated rings. The summed E-state index contributed by atoms with van der Waals surface area (Å²) in [6, 6.07) is 6.05. The molecule has 0 unspecified atom stereocenters. The number of fused-ring (bicyclic) bond motifs is 1. The highest BCUT2D eigenvalue weighted by Gasteiger charge is 2.17. The minimum absolute atomic E-state index is 0.155. The molecule has 6 nitrogen and oxygen atoms in total. The number of imidazole rings is 1. The molecule has 2 heterocycles. The molecular weight excluding hydrogens is 278 g/mol. The number of rotatable bonds is 3. The first-order chi connectivity index (χ1) is 10.5. The molecule has 114 valence electrons. The summed E-state index contributed by atoms with van der Waals surface area (Å²) in [5.41, 5.74) is 11.5. The second kappa shape index (κ2) is 5.31. The summed E-state index contributed by atoms with van der Waals surface area (Å²) in [5, 5.41) is 12.7. The van der Waals surface area contributed by atoms with E-state index in [0.29, 0.717) is 11.6 Å². The van der Waals surface area contributed by atoms with Gasteiger partial charge in [-0.05, 0) is 31.5 Å². The van der Waals surface area contributed by atoms with E-state index in [9.17, 15) is 5.11 Å². The topological polar surface area (TPSA) is 88.5 Å². The Kier molecular flexibility index (Phi) is 3.46. The lowest BCUT2D eigenvalue weighted by Gasteiger charge is -2.08. The number of anilines is 2. The predicted molar refractivity (Wildman–Crippen MR) is 87.8 cm³/mol. The van der Waals surface area contributed by atoms with E-state index >= 15 is 0 Å². The zero-order chi connectivity index (χ0) is 15.9. The third kappa shape index (κ3) is 2.17. The van der Waals surface area contributed by atoms with Gasteiger partial charge >= 0.3 is 0 Å². The van der Waals surface area contributed by atoms with Gasteiger partial charge in [-0.3, -0.25) is 4.40 Å². The van der Waals surface area contributed by atoms with Crippen molar-refractivity contribution in [3.63, 3.8) is 0 Å². The van der Waals surface area contributed by atoms with Crippen molar-refractivity contribution < 1.29 is 5.11 Å². The number of benzene rings is 1. The van der Waals surface area contributed by atoms with Gasteiger partial charge in [0.1, 0.15) is 29.5 Å². The molecule has 1 aromatic carbocycles. The summed E-state index contributed by atoms with van der Waals surface area (Å²) in [6.45, 7) is 3.74. The number of hydrogen-bond donors (Lipinski definition) is 3. The Labute approximate surface area is 128 Å². The van der Waals surface area contributed by atoms with Gasteiger partial charge in [0.25, 0.3) is 0 Å². The van der Waals surface area contributed by atoms with Crippen LogP contribution in [0.4, 0.5) is 11.5 Å². The Balaban J connectivity index is 2.32. The summed E-state index contributed by atoms with van der Waals surface area (Å²) < 4.78 is 1.82. The largest absolute Gasteiger partial charge is 0.388 e. The van der Waals surface area contributed by atoms with Crippen molar-refractivity contribution in [2.24, 2.45) is 0 Å². The lowest BCUT2D eigenvalue weighted by atomic mass is 10.0. The maximum absolute atomic E-state index is 9.57.